The molecule has 0 radical (unpaired) electrons. The van der Waals surface area contributed by atoms with Gasteiger partial charge in [0.05, 0.1) is 30.0 Å². The van der Waals surface area contributed by atoms with Gasteiger partial charge >= 0.3 is 12.1 Å². The van der Waals surface area contributed by atoms with Gasteiger partial charge in [-0.15, -0.1) is 0 Å². The Labute approximate surface area is 134 Å². The third kappa shape index (κ3) is 3.06. The van der Waals surface area contributed by atoms with Crippen LogP contribution in [0.5, 0.6) is 0 Å². The first kappa shape index (κ1) is 16.3. The van der Waals surface area contributed by atoms with Crippen LogP contribution in [0.15, 0.2) is 24.4 Å². The molecule has 0 aliphatic carbocycles. The molecule has 1 aliphatic heterocycles. The Bertz CT molecular complexity index is 787. The monoisotopic (exact) mass is 341 g/mol. The van der Waals surface area contributed by atoms with Crippen LogP contribution in [-0.2, 0) is 16.0 Å². The third-order valence-corrected chi connectivity index (χ3v) is 4.27. The summed E-state index contributed by atoms with van der Waals surface area (Å²) in [7, 11) is 0. The van der Waals surface area contributed by atoms with Crippen molar-refractivity contribution in [1.82, 2.24) is 15.1 Å². The van der Waals surface area contributed by atoms with Gasteiger partial charge in [-0.2, -0.15) is 18.3 Å². The molecule has 0 unspecified atom stereocenters. The van der Waals surface area contributed by atoms with Crippen molar-refractivity contribution in [3.05, 3.63) is 30.0 Å². The lowest BCUT2D eigenvalue weighted by molar-refractivity contribution is -0.188. The highest BCUT2D eigenvalue weighted by molar-refractivity contribution is 5.83. The number of amides is 1. The number of H-pyrrole nitrogens is 1. The number of carbonyl (C=O) groups excluding carboxylic acids is 1. The first-order valence-electron chi connectivity index (χ1n) is 7.25. The summed E-state index contributed by atoms with van der Waals surface area (Å²) < 4.78 is 38.9. The number of hydrogen-bond acceptors (Lipinski definition) is 3. The molecule has 0 bridgehead atoms. The molecule has 2 aromatic rings. The van der Waals surface area contributed by atoms with Crippen LogP contribution in [0, 0.1) is 11.8 Å². The minimum atomic E-state index is -4.65. The molecular weight excluding hydrogens is 327 g/mol. The zero-order chi connectivity index (χ0) is 17.5. The average Bonchev–Trinajstić information content (AvgIpc) is 3.13. The number of halogens is 3. The second-order valence-electron chi connectivity index (χ2n) is 5.86. The molecular formula is C15H14F3N3O3. The van der Waals surface area contributed by atoms with E-state index in [2.05, 4.69) is 10.2 Å². The number of alkyl halides is 3. The molecule has 1 aromatic heterocycles. The molecule has 1 saturated heterocycles. The summed E-state index contributed by atoms with van der Waals surface area (Å²) in [5.74, 6) is -5.71. The molecule has 128 valence electrons. The van der Waals surface area contributed by atoms with Gasteiger partial charge in [0, 0.05) is 18.5 Å². The van der Waals surface area contributed by atoms with Crippen LogP contribution in [0.1, 0.15) is 5.56 Å². The predicted molar refractivity (Wildman–Crippen MR) is 77.0 cm³/mol. The highest BCUT2D eigenvalue weighted by Crippen LogP contribution is 2.37. The zero-order valence-corrected chi connectivity index (χ0v) is 12.4. The zero-order valence-electron chi connectivity index (χ0n) is 12.4. The average molecular weight is 341 g/mol. The van der Waals surface area contributed by atoms with Crippen molar-refractivity contribution < 1.29 is 27.9 Å². The van der Waals surface area contributed by atoms with Crippen LogP contribution < -0.4 is 0 Å². The first-order valence-corrected chi connectivity index (χ1v) is 7.25. The van der Waals surface area contributed by atoms with Crippen LogP contribution in [-0.4, -0.2) is 51.3 Å². The summed E-state index contributed by atoms with van der Waals surface area (Å²) in [6.07, 6.45) is -3.12. The van der Waals surface area contributed by atoms with Crippen molar-refractivity contribution in [1.29, 1.82) is 0 Å². The Morgan fingerprint density at radius 1 is 1.33 bits per heavy atom. The third-order valence-electron chi connectivity index (χ3n) is 4.27. The van der Waals surface area contributed by atoms with E-state index in [-0.39, 0.29) is 6.42 Å². The number of carboxylic acid groups (broad SMARTS) is 1. The SMILES string of the molecule is O=C(O)[C@@H]1CN(C(=O)Cc2ccc3cn[nH]c3c2)C[C@H]1C(F)(F)F. The number of aromatic nitrogens is 2. The van der Waals surface area contributed by atoms with Gasteiger partial charge in [0.25, 0.3) is 0 Å². The van der Waals surface area contributed by atoms with E-state index in [1.807, 2.05) is 0 Å². The summed E-state index contributed by atoms with van der Waals surface area (Å²) in [5.41, 5.74) is 1.34. The number of likely N-dealkylation sites (tertiary alicyclic amines) is 1. The van der Waals surface area contributed by atoms with Gasteiger partial charge < -0.3 is 10.0 Å². The lowest BCUT2D eigenvalue weighted by Gasteiger charge is -2.18. The molecule has 0 saturated carbocycles. The van der Waals surface area contributed by atoms with Crippen molar-refractivity contribution >= 4 is 22.8 Å². The van der Waals surface area contributed by atoms with Crippen molar-refractivity contribution in [3.8, 4) is 0 Å². The molecule has 9 heteroatoms. The van der Waals surface area contributed by atoms with E-state index in [9.17, 15) is 22.8 Å². The summed E-state index contributed by atoms with van der Waals surface area (Å²) in [6, 6.07) is 5.15. The van der Waals surface area contributed by atoms with E-state index in [4.69, 9.17) is 5.11 Å². The lowest BCUT2D eigenvalue weighted by atomic mass is 9.96. The predicted octanol–water partition coefficient (Wildman–Crippen LogP) is 1.83. The Kier molecular flexibility index (Phi) is 3.94. The Morgan fingerprint density at radius 3 is 2.71 bits per heavy atom. The van der Waals surface area contributed by atoms with Crippen LogP contribution in [0.2, 0.25) is 0 Å². The van der Waals surface area contributed by atoms with Gasteiger partial charge in [-0.3, -0.25) is 14.7 Å². The highest BCUT2D eigenvalue weighted by Gasteiger charge is 2.53. The standard InChI is InChI=1S/C15H14F3N3O3/c16-15(17,18)11-7-21(6-10(11)14(23)24)13(22)4-8-1-2-9-5-19-20-12(9)3-8/h1-3,5,10-11H,4,6-7H2,(H,19,20)(H,23,24)/t10-,11-/m1/s1. The van der Waals surface area contributed by atoms with Gasteiger partial charge in [0.2, 0.25) is 5.91 Å². The quantitative estimate of drug-likeness (QED) is 0.892. The molecule has 2 heterocycles. The lowest BCUT2D eigenvalue weighted by Crippen LogP contribution is -2.34. The topological polar surface area (TPSA) is 86.3 Å². The molecule has 3 rings (SSSR count). The van der Waals surface area contributed by atoms with E-state index in [0.29, 0.717) is 5.56 Å². The Balaban J connectivity index is 1.74. The van der Waals surface area contributed by atoms with Gasteiger partial charge in [0.15, 0.2) is 0 Å². The van der Waals surface area contributed by atoms with Crippen LogP contribution in [0.4, 0.5) is 13.2 Å². The fourth-order valence-corrected chi connectivity index (χ4v) is 2.97. The number of hydrogen-bond donors (Lipinski definition) is 2. The molecule has 1 aromatic carbocycles. The summed E-state index contributed by atoms with van der Waals surface area (Å²) in [5, 5.41) is 16.4. The van der Waals surface area contributed by atoms with E-state index < -0.39 is 43.0 Å². The first-order chi connectivity index (χ1) is 11.3. The van der Waals surface area contributed by atoms with Crippen LogP contribution in [0.3, 0.4) is 0 Å². The maximum absolute atomic E-state index is 13.0. The maximum Gasteiger partial charge on any atom is 0.394 e. The van der Waals surface area contributed by atoms with Crippen molar-refractivity contribution in [2.75, 3.05) is 13.1 Å². The molecule has 24 heavy (non-hydrogen) atoms. The van der Waals surface area contributed by atoms with Crippen molar-refractivity contribution in [3.63, 3.8) is 0 Å². The number of fused-ring (bicyclic) bond motifs is 1. The highest BCUT2D eigenvalue weighted by atomic mass is 19.4. The maximum atomic E-state index is 13.0. The molecule has 1 amide bonds. The molecule has 2 N–H and O–H groups in total. The Morgan fingerprint density at radius 2 is 2.08 bits per heavy atom. The van der Waals surface area contributed by atoms with Gasteiger partial charge in [0.1, 0.15) is 0 Å². The number of nitrogens with one attached hydrogen (secondary N) is 1. The summed E-state index contributed by atoms with van der Waals surface area (Å²) in [6.45, 7) is -1.05. The smallest absolute Gasteiger partial charge is 0.394 e. The summed E-state index contributed by atoms with van der Waals surface area (Å²) in [4.78, 5) is 24.3. The fourth-order valence-electron chi connectivity index (χ4n) is 2.97. The second kappa shape index (κ2) is 5.81. The van der Waals surface area contributed by atoms with Crippen LogP contribution in [0.25, 0.3) is 10.9 Å². The number of carbonyl (C=O) groups is 2. The molecule has 0 spiro atoms. The number of nitrogens with zero attached hydrogens (tertiary/aromatic N) is 2. The number of carboxylic acids is 1. The van der Waals surface area contributed by atoms with E-state index in [1.54, 1.807) is 24.4 Å². The number of benzene rings is 1. The fraction of sp³-hybridized carbons (Fsp3) is 0.400. The van der Waals surface area contributed by atoms with Crippen molar-refractivity contribution in [2.24, 2.45) is 11.8 Å². The number of aromatic amines is 1. The van der Waals surface area contributed by atoms with E-state index in [0.717, 1.165) is 15.8 Å². The largest absolute Gasteiger partial charge is 0.481 e. The molecule has 1 fully saturated rings. The minimum absolute atomic E-state index is 0.0914. The summed E-state index contributed by atoms with van der Waals surface area (Å²) >= 11 is 0. The second-order valence-corrected chi connectivity index (χ2v) is 5.86. The van der Waals surface area contributed by atoms with Gasteiger partial charge in [-0.25, -0.2) is 0 Å². The minimum Gasteiger partial charge on any atom is -0.481 e. The molecule has 6 nitrogen and oxygen atoms in total. The number of rotatable bonds is 3. The van der Waals surface area contributed by atoms with E-state index in [1.165, 1.54) is 0 Å². The van der Waals surface area contributed by atoms with E-state index >= 15 is 0 Å². The molecule has 1 aliphatic rings. The Hall–Kier alpha value is -2.58. The molecule has 2 atom stereocenters. The normalized spacial score (nSPS) is 21.4. The van der Waals surface area contributed by atoms with Crippen LogP contribution >= 0.6 is 0 Å². The van der Waals surface area contributed by atoms with Gasteiger partial charge in [-0.05, 0) is 11.6 Å². The number of aliphatic carboxylic acids is 1. The van der Waals surface area contributed by atoms with Crippen molar-refractivity contribution in [2.45, 2.75) is 12.6 Å². The van der Waals surface area contributed by atoms with Gasteiger partial charge in [-0.1, -0.05) is 12.1 Å².